The zero-order valence-corrected chi connectivity index (χ0v) is 15.2. The van der Waals surface area contributed by atoms with Gasteiger partial charge >= 0.3 is 0 Å². The summed E-state index contributed by atoms with van der Waals surface area (Å²) in [6.45, 7) is 3.16. The summed E-state index contributed by atoms with van der Waals surface area (Å²) in [7, 11) is 6.06. The fourth-order valence-corrected chi connectivity index (χ4v) is 2.99. The summed E-state index contributed by atoms with van der Waals surface area (Å²) in [6.07, 6.45) is 0. The van der Waals surface area contributed by atoms with E-state index in [2.05, 4.69) is 39.2 Å². The lowest BCUT2D eigenvalue weighted by Crippen LogP contribution is -2.32. The molecule has 2 aromatic carbocycles. The third-order valence-corrected chi connectivity index (χ3v) is 4.33. The minimum Gasteiger partial charge on any atom is -0.378 e. The molecule has 0 aliphatic heterocycles. The highest BCUT2D eigenvalue weighted by Gasteiger charge is 2.09. The van der Waals surface area contributed by atoms with Gasteiger partial charge in [-0.3, -0.25) is 9.69 Å². The van der Waals surface area contributed by atoms with E-state index in [4.69, 9.17) is 0 Å². The van der Waals surface area contributed by atoms with E-state index < -0.39 is 0 Å². The number of hydrogen-bond donors (Lipinski definition) is 0. The predicted octanol–water partition coefficient (Wildman–Crippen LogP) is 2.86. The molecule has 0 spiro atoms. The van der Waals surface area contributed by atoms with Crippen molar-refractivity contribution in [3.8, 4) is 0 Å². The van der Waals surface area contributed by atoms with Crippen LogP contribution in [0.5, 0.6) is 0 Å². The Morgan fingerprint density at radius 3 is 2.24 bits per heavy atom. The second-order valence-electron chi connectivity index (χ2n) is 6.65. The van der Waals surface area contributed by atoms with E-state index in [1.165, 1.54) is 11.3 Å². The maximum atomic E-state index is 12.7. The van der Waals surface area contributed by atoms with Crippen molar-refractivity contribution >= 4 is 16.5 Å². The van der Waals surface area contributed by atoms with Gasteiger partial charge in [0.25, 0.3) is 5.56 Å². The number of fused-ring (bicyclic) bond motifs is 1. The number of anilines is 1. The molecule has 0 aliphatic carbocycles. The monoisotopic (exact) mass is 336 g/mol. The molecular weight excluding hydrogens is 312 g/mol. The molecule has 0 radical (unpaired) electrons. The van der Waals surface area contributed by atoms with Gasteiger partial charge in [-0.25, -0.2) is 4.68 Å². The third-order valence-electron chi connectivity index (χ3n) is 4.33. The van der Waals surface area contributed by atoms with Crippen LogP contribution in [0.3, 0.4) is 0 Å². The highest BCUT2D eigenvalue weighted by Crippen LogP contribution is 2.14. The normalized spacial score (nSPS) is 11.2. The second kappa shape index (κ2) is 7.07. The summed E-state index contributed by atoms with van der Waals surface area (Å²) in [4.78, 5) is 16.8. The topological polar surface area (TPSA) is 41.4 Å². The number of benzene rings is 2. The quantitative estimate of drug-likeness (QED) is 0.718. The standard InChI is InChI=1S/C20H24N4O/c1-15-18-7-5-6-8-19(18)20(25)24(21-15)14-23(4)13-16-9-11-17(12-10-16)22(2)3/h5-12H,13-14H2,1-4H3. The van der Waals surface area contributed by atoms with Gasteiger partial charge < -0.3 is 4.90 Å². The molecule has 0 aliphatic rings. The fourth-order valence-electron chi connectivity index (χ4n) is 2.99. The first kappa shape index (κ1) is 17.2. The van der Waals surface area contributed by atoms with Crippen molar-refractivity contribution in [2.45, 2.75) is 20.1 Å². The summed E-state index contributed by atoms with van der Waals surface area (Å²) in [6, 6.07) is 16.1. The molecular formula is C20H24N4O. The zero-order chi connectivity index (χ0) is 18.0. The maximum absolute atomic E-state index is 12.7. The van der Waals surface area contributed by atoms with Crippen molar-refractivity contribution in [2.75, 3.05) is 26.0 Å². The van der Waals surface area contributed by atoms with Crippen LogP contribution in [0.2, 0.25) is 0 Å². The van der Waals surface area contributed by atoms with Gasteiger partial charge in [0.05, 0.1) is 17.7 Å². The Bertz CT molecular complexity index is 929. The molecule has 0 atom stereocenters. The lowest BCUT2D eigenvalue weighted by atomic mass is 10.1. The molecule has 130 valence electrons. The molecule has 5 nitrogen and oxygen atoms in total. The van der Waals surface area contributed by atoms with E-state index in [1.54, 1.807) is 4.68 Å². The summed E-state index contributed by atoms with van der Waals surface area (Å²) in [5, 5.41) is 6.12. The Balaban J connectivity index is 1.79. The van der Waals surface area contributed by atoms with Crippen LogP contribution in [0.25, 0.3) is 10.8 Å². The van der Waals surface area contributed by atoms with Gasteiger partial charge in [-0.15, -0.1) is 0 Å². The molecule has 0 unspecified atom stereocenters. The van der Waals surface area contributed by atoms with Crippen molar-refractivity contribution in [3.63, 3.8) is 0 Å². The average Bonchev–Trinajstić information content (AvgIpc) is 2.60. The Kier molecular flexibility index (Phi) is 4.86. The van der Waals surface area contributed by atoms with E-state index in [0.29, 0.717) is 6.67 Å². The first-order valence-electron chi connectivity index (χ1n) is 8.37. The third kappa shape index (κ3) is 3.72. The van der Waals surface area contributed by atoms with Crippen LogP contribution >= 0.6 is 0 Å². The Morgan fingerprint density at radius 2 is 1.60 bits per heavy atom. The largest absolute Gasteiger partial charge is 0.378 e. The molecule has 1 heterocycles. The minimum atomic E-state index is -0.0454. The molecule has 3 rings (SSSR count). The summed E-state index contributed by atoms with van der Waals surface area (Å²) in [5.74, 6) is 0. The van der Waals surface area contributed by atoms with Crippen LogP contribution in [0.15, 0.2) is 53.3 Å². The van der Waals surface area contributed by atoms with Crippen LogP contribution in [0.4, 0.5) is 5.69 Å². The molecule has 1 aromatic heterocycles. The Hall–Kier alpha value is -2.66. The van der Waals surface area contributed by atoms with E-state index in [0.717, 1.165) is 23.0 Å². The highest BCUT2D eigenvalue weighted by molar-refractivity contribution is 5.83. The smallest absolute Gasteiger partial charge is 0.275 e. The van der Waals surface area contributed by atoms with Crippen LogP contribution in [-0.2, 0) is 13.2 Å². The van der Waals surface area contributed by atoms with Crippen molar-refractivity contribution in [1.29, 1.82) is 0 Å². The molecule has 0 N–H and O–H groups in total. The van der Waals surface area contributed by atoms with Gasteiger partial charge in [0.1, 0.15) is 0 Å². The van der Waals surface area contributed by atoms with E-state index in [9.17, 15) is 4.79 Å². The summed E-state index contributed by atoms with van der Waals surface area (Å²) < 4.78 is 1.55. The van der Waals surface area contributed by atoms with Crippen LogP contribution in [0, 0.1) is 6.92 Å². The van der Waals surface area contributed by atoms with Gasteiger partial charge in [0, 0.05) is 31.7 Å². The Labute approximate surface area is 148 Å². The van der Waals surface area contributed by atoms with Crippen LogP contribution in [-0.4, -0.2) is 35.8 Å². The number of aromatic nitrogens is 2. The zero-order valence-electron chi connectivity index (χ0n) is 15.2. The van der Waals surface area contributed by atoms with Crippen molar-refractivity contribution < 1.29 is 0 Å². The molecule has 0 saturated carbocycles. The molecule has 0 amide bonds. The molecule has 0 bridgehead atoms. The van der Waals surface area contributed by atoms with E-state index >= 15 is 0 Å². The number of nitrogens with zero attached hydrogens (tertiary/aromatic N) is 4. The lowest BCUT2D eigenvalue weighted by Gasteiger charge is -2.19. The second-order valence-corrected chi connectivity index (χ2v) is 6.65. The van der Waals surface area contributed by atoms with Gasteiger partial charge in [0.2, 0.25) is 0 Å². The fraction of sp³-hybridized carbons (Fsp3) is 0.300. The van der Waals surface area contributed by atoms with Gasteiger partial charge in [-0.2, -0.15) is 5.10 Å². The summed E-state index contributed by atoms with van der Waals surface area (Å²) >= 11 is 0. The summed E-state index contributed by atoms with van der Waals surface area (Å²) in [5.41, 5.74) is 3.21. The average molecular weight is 336 g/mol. The van der Waals surface area contributed by atoms with E-state index in [1.807, 2.05) is 52.3 Å². The first-order valence-corrected chi connectivity index (χ1v) is 8.37. The molecule has 3 aromatic rings. The van der Waals surface area contributed by atoms with Gasteiger partial charge in [0.15, 0.2) is 0 Å². The molecule has 25 heavy (non-hydrogen) atoms. The molecule has 0 fully saturated rings. The van der Waals surface area contributed by atoms with Gasteiger partial charge in [-0.05, 0) is 37.7 Å². The minimum absolute atomic E-state index is 0.0454. The predicted molar refractivity (Wildman–Crippen MR) is 103 cm³/mol. The highest BCUT2D eigenvalue weighted by atomic mass is 16.1. The SMILES string of the molecule is Cc1nn(CN(C)Cc2ccc(N(C)C)cc2)c(=O)c2ccccc12. The van der Waals surface area contributed by atoms with Crippen molar-refractivity contribution in [2.24, 2.45) is 0 Å². The van der Waals surface area contributed by atoms with Gasteiger partial charge in [-0.1, -0.05) is 30.3 Å². The van der Waals surface area contributed by atoms with E-state index in [-0.39, 0.29) is 5.56 Å². The maximum Gasteiger partial charge on any atom is 0.275 e. The van der Waals surface area contributed by atoms with Crippen LogP contribution < -0.4 is 10.5 Å². The molecule has 5 heteroatoms. The number of rotatable bonds is 5. The lowest BCUT2D eigenvalue weighted by molar-refractivity contribution is 0.240. The van der Waals surface area contributed by atoms with Crippen molar-refractivity contribution in [3.05, 3.63) is 70.1 Å². The number of aryl methyl sites for hydroxylation is 1. The molecule has 0 saturated heterocycles. The van der Waals surface area contributed by atoms with Crippen LogP contribution in [0.1, 0.15) is 11.3 Å². The Morgan fingerprint density at radius 1 is 0.960 bits per heavy atom. The first-order chi connectivity index (χ1) is 12.0. The number of hydrogen-bond acceptors (Lipinski definition) is 4. The van der Waals surface area contributed by atoms with Crippen molar-refractivity contribution in [1.82, 2.24) is 14.7 Å².